The molecule has 1 fully saturated rings. The number of amides is 1. The number of nitrogens with zero attached hydrogens (tertiary/aromatic N) is 1. The number of rotatable bonds is 9. The summed E-state index contributed by atoms with van der Waals surface area (Å²) in [7, 11) is -2.37. The van der Waals surface area contributed by atoms with Crippen molar-refractivity contribution in [2.75, 3.05) is 44.7 Å². The third-order valence-corrected chi connectivity index (χ3v) is 7.29. The number of hydrogen-bond acceptors (Lipinski definition) is 6. The number of anilines is 1. The number of nitrogens with one attached hydrogen (secondary N) is 2. The number of methoxy groups -OCH3 is 1. The highest BCUT2D eigenvalue weighted by atomic mass is 32.2. The van der Waals surface area contributed by atoms with E-state index in [1.807, 2.05) is 18.2 Å². The van der Waals surface area contributed by atoms with Gasteiger partial charge in [-0.2, -0.15) is 0 Å². The van der Waals surface area contributed by atoms with Gasteiger partial charge in [0, 0.05) is 25.2 Å². The molecule has 4 rings (SSSR count). The molecule has 1 saturated heterocycles. The van der Waals surface area contributed by atoms with Gasteiger partial charge in [0.15, 0.2) is 0 Å². The van der Waals surface area contributed by atoms with Crippen LogP contribution in [0.25, 0.3) is 0 Å². The topological polar surface area (TPSA) is 97.0 Å². The van der Waals surface area contributed by atoms with Gasteiger partial charge < -0.3 is 14.8 Å². The van der Waals surface area contributed by atoms with Crippen molar-refractivity contribution in [3.8, 4) is 5.75 Å². The molecule has 1 aliphatic rings. The Balaban J connectivity index is 1.43. The molecule has 184 valence electrons. The number of sulfonamides is 1. The lowest BCUT2D eigenvalue weighted by Gasteiger charge is -2.35. The zero-order valence-electron chi connectivity index (χ0n) is 19.5. The van der Waals surface area contributed by atoms with E-state index in [2.05, 4.69) is 27.1 Å². The van der Waals surface area contributed by atoms with Crippen molar-refractivity contribution in [1.29, 1.82) is 0 Å². The van der Waals surface area contributed by atoms with Gasteiger partial charge in [0.05, 0.1) is 36.9 Å². The number of benzene rings is 3. The standard InChI is InChI=1S/C26H29N3O5S/c1-33-25-10-6-5-9-23(25)28-35(31,32)22-13-11-21(12-14-22)26(30)27-19-24(20-7-3-2-4-8-20)29-15-17-34-18-16-29/h2-14,24,28H,15-19H2,1H3,(H,27,30). The Morgan fingerprint density at radius 3 is 2.31 bits per heavy atom. The normalized spacial score (nSPS) is 15.2. The maximum atomic E-state index is 12.9. The van der Waals surface area contributed by atoms with Crippen molar-refractivity contribution in [3.63, 3.8) is 0 Å². The van der Waals surface area contributed by atoms with Gasteiger partial charge in [-0.15, -0.1) is 0 Å². The Morgan fingerprint density at radius 1 is 0.971 bits per heavy atom. The Labute approximate surface area is 205 Å². The largest absolute Gasteiger partial charge is 0.495 e. The zero-order valence-corrected chi connectivity index (χ0v) is 20.3. The van der Waals surface area contributed by atoms with Crippen molar-refractivity contribution in [2.24, 2.45) is 0 Å². The summed E-state index contributed by atoms with van der Waals surface area (Å²) in [4.78, 5) is 15.2. The predicted octanol–water partition coefficient (Wildman–Crippen LogP) is 3.30. The number of carbonyl (C=O) groups is 1. The molecule has 2 N–H and O–H groups in total. The lowest BCUT2D eigenvalue weighted by Crippen LogP contribution is -2.43. The van der Waals surface area contributed by atoms with Crippen LogP contribution in [0, 0.1) is 0 Å². The van der Waals surface area contributed by atoms with E-state index < -0.39 is 10.0 Å². The second kappa shape index (κ2) is 11.4. The molecule has 3 aromatic carbocycles. The fourth-order valence-corrected chi connectivity index (χ4v) is 5.10. The fourth-order valence-electron chi connectivity index (χ4n) is 4.03. The van der Waals surface area contributed by atoms with Gasteiger partial charge in [0.1, 0.15) is 5.75 Å². The van der Waals surface area contributed by atoms with E-state index in [9.17, 15) is 13.2 Å². The molecule has 8 nitrogen and oxygen atoms in total. The summed E-state index contributed by atoms with van der Waals surface area (Å²) >= 11 is 0. The molecule has 3 aromatic rings. The van der Waals surface area contributed by atoms with Crippen LogP contribution in [0.2, 0.25) is 0 Å². The number of para-hydroxylation sites is 2. The van der Waals surface area contributed by atoms with Gasteiger partial charge in [0.2, 0.25) is 0 Å². The van der Waals surface area contributed by atoms with Gasteiger partial charge in [0.25, 0.3) is 15.9 Å². The molecule has 0 saturated carbocycles. The van der Waals surface area contributed by atoms with E-state index in [1.165, 1.54) is 31.4 Å². The summed E-state index contributed by atoms with van der Waals surface area (Å²) in [6, 6.07) is 22.7. The van der Waals surface area contributed by atoms with E-state index in [-0.39, 0.29) is 16.8 Å². The van der Waals surface area contributed by atoms with Crippen molar-refractivity contribution < 1.29 is 22.7 Å². The maximum absolute atomic E-state index is 12.9. The zero-order chi connectivity index (χ0) is 24.7. The first-order chi connectivity index (χ1) is 17.0. The van der Waals surface area contributed by atoms with Crippen LogP contribution in [-0.2, 0) is 14.8 Å². The minimum atomic E-state index is -3.84. The summed E-state index contributed by atoms with van der Waals surface area (Å²) < 4.78 is 38.8. The van der Waals surface area contributed by atoms with Crippen LogP contribution in [0.4, 0.5) is 5.69 Å². The number of ether oxygens (including phenoxy) is 2. The molecule has 0 bridgehead atoms. The SMILES string of the molecule is COc1ccccc1NS(=O)(=O)c1ccc(C(=O)NCC(c2ccccc2)N2CCOCC2)cc1. The number of hydrogen-bond donors (Lipinski definition) is 2. The molecule has 9 heteroatoms. The monoisotopic (exact) mass is 495 g/mol. The van der Waals surface area contributed by atoms with Crippen LogP contribution in [-0.4, -0.2) is 59.2 Å². The van der Waals surface area contributed by atoms with Crippen LogP contribution in [0.1, 0.15) is 22.0 Å². The van der Waals surface area contributed by atoms with Crippen LogP contribution >= 0.6 is 0 Å². The van der Waals surface area contributed by atoms with E-state index in [0.717, 1.165) is 18.7 Å². The summed E-state index contributed by atoms with van der Waals surface area (Å²) in [6.45, 7) is 3.34. The summed E-state index contributed by atoms with van der Waals surface area (Å²) in [6.07, 6.45) is 0. The van der Waals surface area contributed by atoms with Gasteiger partial charge >= 0.3 is 0 Å². The highest BCUT2D eigenvalue weighted by Crippen LogP contribution is 2.26. The second-order valence-electron chi connectivity index (χ2n) is 8.12. The third kappa shape index (κ3) is 6.19. The van der Waals surface area contributed by atoms with Crippen LogP contribution in [0.5, 0.6) is 5.75 Å². The lowest BCUT2D eigenvalue weighted by molar-refractivity contribution is 0.0162. The molecule has 1 heterocycles. The van der Waals surface area contributed by atoms with E-state index in [4.69, 9.17) is 9.47 Å². The third-order valence-electron chi connectivity index (χ3n) is 5.90. The summed E-state index contributed by atoms with van der Waals surface area (Å²) in [5.74, 6) is 0.154. The first-order valence-electron chi connectivity index (χ1n) is 11.4. The first kappa shape index (κ1) is 24.7. The number of carbonyl (C=O) groups excluding carboxylic acids is 1. The average Bonchev–Trinajstić information content (AvgIpc) is 2.90. The Morgan fingerprint density at radius 2 is 1.63 bits per heavy atom. The molecule has 0 spiro atoms. The van der Waals surface area contributed by atoms with Crippen LogP contribution < -0.4 is 14.8 Å². The van der Waals surface area contributed by atoms with Crippen molar-refractivity contribution >= 4 is 21.6 Å². The Bertz CT molecular complexity index is 1230. The smallest absolute Gasteiger partial charge is 0.262 e. The van der Waals surface area contributed by atoms with Crippen LogP contribution in [0.3, 0.4) is 0 Å². The summed E-state index contributed by atoms with van der Waals surface area (Å²) in [5.41, 5.74) is 1.85. The molecular formula is C26H29N3O5S. The Hall–Kier alpha value is -3.40. The quantitative estimate of drug-likeness (QED) is 0.473. The Kier molecular flexibility index (Phi) is 8.02. The first-order valence-corrected chi connectivity index (χ1v) is 12.9. The molecule has 1 unspecified atom stereocenters. The lowest BCUT2D eigenvalue weighted by atomic mass is 10.0. The predicted molar refractivity (Wildman–Crippen MR) is 134 cm³/mol. The van der Waals surface area contributed by atoms with Gasteiger partial charge in [-0.05, 0) is 42.0 Å². The maximum Gasteiger partial charge on any atom is 0.262 e. The molecular weight excluding hydrogens is 466 g/mol. The van der Waals surface area contributed by atoms with Gasteiger partial charge in [-0.1, -0.05) is 42.5 Å². The fraction of sp³-hybridized carbons (Fsp3) is 0.269. The molecule has 0 aromatic heterocycles. The van der Waals surface area contributed by atoms with Crippen molar-refractivity contribution in [3.05, 3.63) is 90.0 Å². The highest BCUT2D eigenvalue weighted by molar-refractivity contribution is 7.92. The van der Waals surface area contributed by atoms with E-state index in [1.54, 1.807) is 24.3 Å². The van der Waals surface area contributed by atoms with Crippen LogP contribution in [0.15, 0.2) is 83.8 Å². The molecule has 1 aliphatic heterocycles. The average molecular weight is 496 g/mol. The van der Waals surface area contributed by atoms with E-state index >= 15 is 0 Å². The molecule has 1 amide bonds. The molecule has 0 radical (unpaired) electrons. The second-order valence-corrected chi connectivity index (χ2v) is 9.80. The highest BCUT2D eigenvalue weighted by Gasteiger charge is 2.23. The molecule has 1 atom stereocenters. The van der Waals surface area contributed by atoms with Gasteiger partial charge in [-0.3, -0.25) is 14.4 Å². The minimum absolute atomic E-state index is 0.0220. The minimum Gasteiger partial charge on any atom is -0.495 e. The molecule has 35 heavy (non-hydrogen) atoms. The van der Waals surface area contributed by atoms with E-state index in [0.29, 0.717) is 36.8 Å². The van der Waals surface area contributed by atoms with Gasteiger partial charge in [-0.25, -0.2) is 8.42 Å². The van der Waals surface area contributed by atoms with Crippen molar-refractivity contribution in [1.82, 2.24) is 10.2 Å². The molecule has 0 aliphatic carbocycles. The van der Waals surface area contributed by atoms with Crippen molar-refractivity contribution in [2.45, 2.75) is 10.9 Å². The number of morpholine rings is 1. The summed E-state index contributed by atoms with van der Waals surface area (Å²) in [5, 5.41) is 3.00.